The zero-order valence-corrected chi connectivity index (χ0v) is 10.9. The van der Waals surface area contributed by atoms with Crippen LogP contribution in [-0.2, 0) is 12.0 Å². The fraction of sp³-hybridized carbons (Fsp3) is 0.600. The Morgan fingerprint density at radius 2 is 1.82 bits per heavy atom. The highest BCUT2D eigenvalue weighted by Gasteiger charge is 2.33. The standard InChI is InChI=1S/C15H23NO/c1-14(2,17)11-8-12-4-6-13(7-5-12)15(16)9-3-10-15/h4-7,17H,3,8-11,16H2,1-2H3. The maximum Gasteiger partial charge on any atom is 0.0594 e. The molecule has 0 spiro atoms. The molecule has 1 aliphatic rings. The van der Waals surface area contributed by atoms with Gasteiger partial charge in [0.1, 0.15) is 0 Å². The van der Waals surface area contributed by atoms with Crippen LogP contribution in [0.4, 0.5) is 0 Å². The van der Waals surface area contributed by atoms with Gasteiger partial charge in [-0.2, -0.15) is 0 Å². The maximum absolute atomic E-state index is 9.69. The van der Waals surface area contributed by atoms with Gasteiger partial charge < -0.3 is 10.8 Å². The molecule has 94 valence electrons. The SMILES string of the molecule is CC(C)(O)CCc1ccc(C2(N)CCC2)cc1. The van der Waals surface area contributed by atoms with Crippen LogP contribution in [0.3, 0.4) is 0 Å². The van der Waals surface area contributed by atoms with Crippen LogP contribution in [0, 0.1) is 0 Å². The van der Waals surface area contributed by atoms with Crippen molar-refractivity contribution in [1.82, 2.24) is 0 Å². The minimum Gasteiger partial charge on any atom is -0.390 e. The Bertz CT molecular complexity index is 371. The molecule has 3 N–H and O–H groups in total. The monoisotopic (exact) mass is 233 g/mol. The van der Waals surface area contributed by atoms with E-state index in [1.165, 1.54) is 17.5 Å². The van der Waals surface area contributed by atoms with Gasteiger partial charge in [-0.05, 0) is 57.1 Å². The number of rotatable bonds is 4. The summed E-state index contributed by atoms with van der Waals surface area (Å²) < 4.78 is 0. The third-order valence-electron chi connectivity index (χ3n) is 3.80. The summed E-state index contributed by atoms with van der Waals surface area (Å²) in [6.07, 6.45) is 5.17. The number of aliphatic hydroxyl groups is 1. The average molecular weight is 233 g/mol. The molecule has 2 nitrogen and oxygen atoms in total. The van der Waals surface area contributed by atoms with E-state index in [0.29, 0.717) is 0 Å². The second-order valence-corrected chi connectivity index (χ2v) is 6.02. The summed E-state index contributed by atoms with van der Waals surface area (Å²) >= 11 is 0. The highest BCUT2D eigenvalue weighted by Crippen LogP contribution is 2.38. The van der Waals surface area contributed by atoms with Gasteiger partial charge in [-0.15, -0.1) is 0 Å². The second kappa shape index (κ2) is 4.43. The molecule has 0 unspecified atom stereocenters. The van der Waals surface area contributed by atoms with Crippen molar-refractivity contribution in [3.63, 3.8) is 0 Å². The van der Waals surface area contributed by atoms with Crippen molar-refractivity contribution in [3.05, 3.63) is 35.4 Å². The van der Waals surface area contributed by atoms with Crippen molar-refractivity contribution >= 4 is 0 Å². The van der Waals surface area contributed by atoms with Crippen LogP contribution in [-0.4, -0.2) is 10.7 Å². The van der Waals surface area contributed by atoms with Gasteiger partial charge in [-0.3, -0.25) is 0 Å². The third-order valence-corrected chi connectivity index (χ3v) is 3.80. The van der Waals surface area contributed by atoms with Crippen LogP contribution < -0.4 is 5.73 Å². The van der Waals surface area contributed by atoms with Gasteiger partial charge >= 0.3 is 0 Å². The Hall–Kier alpha value is -0.860. The first-order chi connectivity index (χ1) is 7.89. The largest absolute Gasteiger partial charge is 0.390 e. The summed E-state index contributed by atoms with van der Waals surface area (Å²) in [5.74, 6) is 0. The molecule has 0 bridgehead atoms. The Morgan fingerprint density at radius 1 is 1.24 bits per heavy atom. The molecule has 2 rings (SSSR count). The quantitative estimate of drug-likeness (QED) is 0.840. The molecule has 0 radical (unpaired) electrons. The lowest BCUT2D eigenvalue weighted by molar-refractivity contribution is 0.0714. The number of aryl methyl sites for hydroxylation is 1. The van der Waals surface area contributed by atoms with Crippen molar-refractivity contribution in [2.75, 3.05) is 0 Å². The number of benzene rings is 1. The van der Waals surface area contributed by atoms with Gasteiger partial charge in [-0.25, -0.2) is 0 Å². The lowest BCUT2D eigenvalue weighted by Crippen LogP contribution is -2.43. The first-order valence-electron chi connectivity index (χ1n) is 6.50. The van der Waals surface area contributed by atoms with E-state index in [4.69, 9.17) is 5.73 Å². The molecule has 17 heavy (non-hydrogen) atoms. The highest BCUT2D eigenvalue weighted by atomic mass is 16.3. The average Bonchev–Trinajstić information content (AvgIpc) is 2.23. The predicted molar refractivity (Wildman–Crippen MR) is 70.8 cm³/mol. The van der Waals surface area contributed by atoms with E-state index in [2.05, 4.69) is 24.3 Å². The minimum absolute atomic E-state index is 0.0607. The van der Waals surface area contributed by atoms with Crippen LogP contribution >= 0.6 is 0 Å². The van der Waals surface area contributed by atoms with Crippen molar-refractivity contribution in [1.29, 1.82) is 0 Å². The Kier molecular flexibility index (Phi) is 3.28. The van der Waals surface area contributed by atoms with Gasteiger partial charge in [0.05, 0.1) is 5.60 Å². The van der Waals surface area contributed by atoms with E-state index in [1.54, 1.807) is 0 Å². The summed E-state index contributed by atoms with van der Waals surface area (Å²) in [4.78, 5) is 0. The van der Waals surface area contributed by atoms with Crippen LogP contribution in [0.5, 0.6) is 0 Å². The minimum atomic E-state index is -0.582. The molecule has 0 heterocycles. The zero-order valence-electron chi connectivity index (χ0n) is 10.9. The molecule has 1 aliphatic carbocycles. The van der Waals surface area contributed by atoms with Crippen molar-refractivity contribution in [3.8, 4) is 0 Å². The summed E-state index contributed by atoms with van der Waals surface area (Å²) in [7, 11) is 0. The molecule has 0 aromatic heterocycles. The topological polar surface area (TPSA) is 46.2 Å². The van der Waals surface area contributed by atoms with Crippen molar-refractivity contribution < 1.29 is 5.11 Å². The molecular weight excluding hydrogens is 210 g/mol. The molecule has 1 aromatic rings. The van der Waals surface area contributed by atoms with E-state index < -0.39 is 5.60 Å². The maximum atomic E-state index is 9.69. The van der Waals surface area contributed by atoms with Crippen LogP contribution in [0.1, 0.15) is 50.7 Å². The molecular formula is C15H23NO. The van der Waals surface area contributed by atoms with E-state index in [0.717, 1.165) is 25.7 Å². The van der Waals surface area contributed by atoms with Crippen LogP contribution in [0.2, 0.25) is 0 Å². The number of hydrogen-bond donors (Lipinski definition) is 2. The molecule has 0 saturated heterocycles. The van der Waals surface area contributed by atoms with Crippen LogP contribution in [0.15, 0.2) is 24.3 Å². The van der Waals surface area contributed by atoms with E-state index in [-0.39, 0.29) is 5.54 Å². The predicted octanol–water partition coefficient (Wildman–Crippen LogP) is 2.73. The molecule has 2 heteroatoms. The zero-order chi connectivity index (χ0) is 12.5. The molecule has 0 aliphatic heterocycles. The fourth-order valence-electron chi connectivity index (χ4n) is 2.30. The fourth-order valence-corrected chi connectivity index (χ4v) is 2.30. The van der Waals surface area contributed by atoms with Gasteiger partial charge in [-0.1, -0.05) is 24.3 Å². The first kappa shape index (κ1) is 12.6. The lowest BCUT2D eigenvalue weighted by Gasteiger charge is -2.38. The Morgan fingerprint density at radius 3 is 2.24 bits per heavy atom. The smallest absolute Gasteiger partial charge is 0.0594 e. The molecule has 1 aromatic carbocycles. The summed E-state index contributed by atoms with van der Waals surface area (Å²) in [6, 6.07) is 8.60. The van der Waals surface area contributed by atoms with Crippen molar-refractivity contribution in [2.45, 2.75) is 57.1 Å². The van der Waals surface area contributed by atoms with Gasteiger partial charge in [0.15, 0.2) is 0 Å². The normalized spacial score (nSPS) is 18.8. The summed E-state index contributed by atoms with van der Waals surface area (Å²) in [6.45, 7) is 3.70. The first-order valence-corrected chi connectivity index (χ1v) is 6.50. The van der Waals surface area contributed by atoms with Gasteiger partial charge in [0.25, 0.3) is 0 Å². The third kappa shape index (κ3) is 3.08. The molecule has 1 fully saturated rings. The highest BCUT2D eigenvalue weighted by molar-refractivity contribution is 5.30. The molecule has 1 saturated carbocycles. The Balaban J connectivity index is 1.98. The number of hydrogen-bond acceptors (Lipinski definition) is 2. The summed E-state index contributed by atoms with van der Waals surface area (Å²) in [5.41, 5.74) is 8.17. The summed E-state index contributed by atoms with van der Waals surface area (Å²) in [5, 5.41) is 9.69. The molecule has 0 atom stereocenters. The second-order valence-electron chi connectivity index (χ2n) is 6.02. The lowest BCUT2D eigenvalue weighted by atomic mass is 9.72. The van der Waals surface area contributed by atoms with E-state index in [9.17, 15) is 5.11 Å². The van der Waals surface area contributed by atoms with E-state index >= 15 is 0 Å². The van der Waals surface area contributed by atoms with Crippen molar-refractivity contribution in [2.24, 2.45) is 5.73 Å². The van der Waals surface area contributed by atoms with Gasteiger partial charge in [0, 0.05) is 5.54 Å². The van der Waals surface area contributed by atoms with E-state index in [1.807, 2.05) is 13.8 Å². The molecule has 0 amide bonds. The van der Waals surface area contributed by atoms with Gasteiger partial charge in [0.2, 0.25) is 0 Å². The Labute approximate surface area is 104 Å². The number of nitrogens with two attached hydrogens (primary N) is 1. The van der Waals surface area contributed by atoms with Crippen LogP contribution in [0.25, 0.3) is 0 Å².